The highest BCUT2D eigenvalue weighted by Crippen LogP contribution is 2.40. The number of rotatable bonds is 9. The van der Waals surface area contributed by atoms with E-state index in [0.29, 0.717) is 29.4 Å². The number of hydrogen-bond donors (Lipinski definition) is 0. The van der Waals surface area contributed by atoms with Crippen LogP contribution < -0.4 is 14.2 Å². The summed E-state index contributed by atoms with van der Waals surface area (Å²) in [5.41, 5.74) is 1.54. The Balaban J connectivity index is 0.00000341. The zero-order valence-corrected chi connectivity index (χ0v) is 21.5. The molecule has 1 aromatic carbocycles. The van der Waals surface area contributed by atoms with Crippen molar-refractivity contribution in [2.24, 2.45) is 0 Å². The Kier molecular flexibility index (Phi) is 14.9. The van der Waals surface area contributed by atoms with Crippen LogP contribution in [-0.2, 0) is 11.3 Å². The topological polar surface area (TPSA) is 73.4 Å². The molecule has 1 aliphatic heterocycles. The van der Waals surface area contributed by atoms with Gasteiger partial charge in [-0.15, -0.1) is 37.2 Å². The molecule has 0 bridgehead atoms. The normalized spacial score (nSPS) is 13.5. The average molecular weight is 525 g/mol. The van der Waals surface area contributed by atoms with Crippen molar-refractivity contribution in [1.82, 2.24) is 14.8 Å². The van der Waals surface area contributed by atoms with Crippen LogP contribution in [-0.4, -0.2) is 81.4 Å². The lowest BCUT2D eigenvalue weighted by atomic mass is 10.1. The minimum atomic E-state index is -0.331. The van der Waals surface area contributed by atoms with Gasteiger partial charge in [0.05, 0.1) is 26.9 Å². The first-order valence-electron chi connectivity index (χ1n) is 9.96. The molecule has 1 saturated heterocycles. The molecule has 2 aromatic rings. The van der Waals surface area contributed by atoms with Gasteiger partial charge in [-0.2, -0.15) is 0 Å². The van der Waals surface area contributed by atoms with E-state index in [4.69, 9.17) is 18.9 Å². The Bertz CT molecular complexity index is 838. The van der Waals surface area contributed by atoms with Crippen molar-refractivity contribution >= 4 is 43.2 Å². The monoisotopic (exact) mass is 523 g/mol. The molecule has 0 unspecified atom stereocenters. The predicted octanol–water partition coefficient (Wildman–Crippen LogP) is 3.35. The molecule has 3 rings (SSSR count). The van der Waals surface area contributed by atoms with Gasteiger partial charge >= 0.3 is 5.97 Å². The molecule has 0 radical (unpaired) electrons. The van der Waals surface area contributed by atoms with Gasteiger partial charge in [-0.25, -0.2) is 4.79 Å². The number of hydrogen-bond acceptors (Lipinski definition) is 8. The molecular formula is C22H32Cl3N3O5. The number of esters is 1. The molecular weight excluding hydrogens is 493 g/mol. The minimum Gasteiger partial charge on any atom is -0.493 e. The third-order valence-electron chi connectivity index (χ3n) is 5.18. The largest absolute Gasteiger partial charge is 0.493 e. The molecule has 1 fully saturated rings. The van der Waals surface area contributed by atoms with E-state index in [1.807, 2.05) is 12.1 Å². The molecule has 0 amide bonds. The third-order valence-corrected chi connectivity index (χ3v) is 5.18. The van der Waals surface area contributed by atoms with E-state index in [0.717, 1.165) is 44.8 Å². The molecule has 1 aromatic heterocycles. The number of halogens is 3. The van der Waals surface area contributed by atoms with Crippen LogP contribution in [0.2, 0.25) is 0 Å². The summed E-state index contributed by atoms with van der Waals surface area (Å²) >= 11 is 0. The standard InChI is InChI=1S/C22H29N3O5.3ClH/c1-27-19-7-6-18(20(28-2)21(19)29-3)16-25-11-9-24(10-12-25)13-14-30-22(26)17-5-4-8-23-15-17;;;/h4-8,15H,9-14,16H2,1-3H3;3*1H. The highest BCUT2D eigenvalue weighted by Gasteiger charge is 2.21. The van der Waals surface area contributed by atoms with E-state index < -0.39 is 0 Å². The maximum atomic E-state index is 12.0. The van der Waals surface area contributed by atoms with Gasteiger partial charge in [0, 0.05) is 57.2 Å². The number of ether oxygens (including phenoxy) is 4. The Labute approximate surface area is 213 Å². The van der Waals surface area contributed by atoms with Crippen molar-refractivity contribution in [3.63, 3.8) is 0 Å². The molecule has 8 nitrogen and oxygen atoms in total. The molecule has 0 atom stereocenters. The van der Waals surface area contributed by atoms with Crippen molar-refractivity contribution < 1.29 is 23.7 Å². The number of piperazine rings is 1. The molecule has 0 saturated carbocycles. The molecule has 0 spiro atoms. The maximum Gasteiger partial charge on any atom is 0.339 e. The lowest BCUT2D eigenvalue weighted by Crippen LogP contribution is -2.46. The Hall–Kier alpha value is -1.97. The zero-order chi connectivity index (χ0) is 21.3. The Morgan fingerprint density at radius 2 is 1.58 bits per heavy atom. The van der Waals surface area contributed by atoms with Crippen LogP contribution in [0.25, 0.3) is 0 Å². The van der Waals surface area contributed by atoms with E-state index in [1.54, 1.807) is 39.7 Å². The quantitative estimate of drug-likeness (QED) is 0.463. The number of carbonyl (C=O) groups excluding carboxylic acids is 1. The fourth-order valence-corrected chi connectivity index (χ4v) is 3.53. The van der Waals surface area contributed by atoms with Crippen LogP contribution >= 0.6 is 37.2 Å². The first kappa shape index (κ1) is 31.0. The van der Waals surface area contributed by atoms with Crippen molar-refractivity contribution in [2.75, 3.05) is 60.7 Å². The Morgan fingerprint density at radius 1 is 0.909 bits per heavy atom. The number of pyridine rings is 1. The lowest BCUT2D eigenvalue weighted by Gasteiger charge is -2.34. The van der Waals surface area contributed by atoms with Gasteiger partial charge in [0.15, 0.2) is 11.5 Å². The summed E-state index contributed by atoms with van der Waals surface area (Å²) in [6.45, 7) is 5.55. The van der Waals surface area contributed by atoms with E-state index >= 15 is 0 Å². The van der Waals surface area contributed by atoms with Gasteiger partial charge in [0.1, 0.15) is 6.61 Å². The number of carbonyl (C=O) groups is 1. The number of nitrogens with zero attached hydrogens (tertiary/aromatic N) is 3. The fourth-order valence-electron chi connectivity index (χ4n) is 3.53. The first-order chi connectivity index (χ1) is 14.7. The summed E-state index contributed by atoms with van der Waals surface area (Å²) in [5, 5.41) is 0. The first-order valence-corrected chi connectivity index (χ1v) is 9.96. The SMILES string of the molecule is COc1ccc(CN2CCN(CCOC(=O)c3cccnc3)CC2)c(OC)c1OC.Cl.Cl.Cl. The highest BCUT2D eigenvalue weighted by atomic mass is 35.5. The van der Waals surface area contributed by atoms with Gasteiger partial charge in [-0.05, 0) is 18.2 Å². The van der Waals surface area contributed by atoms with Crippen LogP contribution in [0, 0.1) is 0 Å². The van der Waals surface area contributed by atoms with Crippen LogP contribution in [0.4, 0.5) is 0 Å². The summed E-state index contributed by atoms with van der Waals surface area (Å²) in [6.07, 6.45) is 3.15. The van der Waals surface area contributed by atoms with Crippen LogP contribution in [0.3, 0.4) is 0 Å². The molecule has 1 aliphatic rings. The van der Waals surface area contributed by atoms with Crippen molar-refractivity contribution in [2.45, 2.75) is 6.54 Å². The zero-order valence-electron chi connectivity index (χ0n) is 19.0. The van der Waals surface area contributed by atoms with Crippen molar-refractivity contribution in [3.05, 3.63) is 47.8 Å². The summed E-state index contributed by atoms with van der Waals surface area (Å²) in [7, 11) is 4.87. The van der Waals surface area contributed by atoms with Crippen LogP contribution in [0.1, 0.15) is 15.9 Å². The second-order valence-electron chi connectivity index (χ2n) is 6.99. The van der Waals surface area contributed by atoms with Crippen molar-refractivity contribution in [1.29, 1.82) is 0 Å². The second kappa shape index (κ2) is 15.8. The predicted molar refractivity (Wildman–Crippen MR) is 134 cm³/mol. The van der Waals surface area contributed by atoms with Gasteiger partial charge in [0.2, 0.25) is 5.75 Å². The Morgan fingerprint density at radius 3 is 2.15 bits per heavy atom. The molecule has 0 N–H and O–H groups in total. The molecule has 33 heavy (non-hydrogen) atoms. The summed E-state index contributed by atoms with van der Waals surface area (Å²) in [4.78, 5) is 20.6. The molecule has 11 heteroatoms. The van der Waals surface area contributed by atoms with E-state index in [9.17, 15) is 4.79 Å². The van der Waals surface area contributed by atoms with Crippen LogP contribution in [0.15, 0.2) is 36.7 Å². The molecule has 0 aliphatic carbocycles. The summed E-state index contributed by atoms with van der Waals surface area (Å²) in [6, 6.07) is 7.35. The third kappa shape index (κ3) is 8.39. The minimum absolute atomic E-state index is 0. The van der Waals surface area contributed by atoms with Crippen LogP contribution in [0.5, 0.6) is 17.2 Å². The van der Waals surface area contributed by atoms with Gasteiger partial charge in [-0.1, -0.05) is 6.07 Å². The van der Waals surface area contributed by atoms with Gasteiger partial charge in [-0.3, -0.25) is 14.8 Å². The number of benzene rings is 1. The van der Waals surface area contributed by atoms with E-state index in [2.05, 4.69) is 14.8 Å². The van der Waals surface area contributed by atoms with E-state index in [1.165, 1.54) is 6.20 Å². The van der Waals surface area contributed by atoms with Gasteiger partial charge < -0.3 is 18.9 Å². The second-order valence-corrected chi connectivity index (χ2v) is 6.99. The highest BCUT2D eigenvalue weighted by molar-refractivity contribution is 5.88. The average Bonchev–Trinajstić information content (AvgIpc) is 2.80. The van der Waals surface area contributed by atoms with Gasteiger partial charge in [0.25, 0.3) is 0 Å². The fraction of sp³-hybridized carbons (Fsp3) is 0.455. The maximum absolute atomic E-state index is 12.0. The van der Waals surface area contributed by atoms with E-state index in [-0.39, 0.29) is 43.2 Å². The smallest absolute Gasteiger partial charge is 0.339 e. The number of aromatic nitrogens is 1. The number of methoxy groups -OCH3 is 3. The summed E-state index contributed by atoms with van der Waals surface area (Å²) in [5.74, 6) is 1.65. The van der Waals surface area contributed by atoms with Crippen molar-refractivity contribution in [3.8, 4) is 17.2 Å². The molecule has 186 valence electrons. The summed E-state index contributed by atoms with van der Waals surface area (Å²) < 4.78 is 21.8. The lowest BCUT2D eigenvalue weighted by molar-refractivity contribution is 0.0418. The molecule has 2 heterocycles.